The molecule has 22 heavy (non-hydrogen) atoms. The van der Waals surface area contributed by atoms with Crippen LogP contribution >= 0.6 is 11.3 Å². The summed E-state index contributed by atoms with van der Waals surface area (Å²) < 4.78 is 0. The molecule has 0 aliphatic rings. The number of hydrogen-bond donors (Lipinski definition) is 3. The van der Waals surface area contributed by atoms with Crippen LogP contribution < -0.4 is 10.6 Å². The summed E-state index contributed by atoms with van der Waals surface area (Å²) in [6.07, 6.45) is 3.47. The van der Waals surface area contributed by atoms with Crippen molar-refractivity contribution in [2.45, 2.75) is 19.4 Å². The van der Waals surface area contributed by atoms with E-state index in [1.807, 2.05) is 5.38 Å². The second-order valence-electron chi connectivity index (χ2n) is 4.64. The molecule has 0 atom stereocenters. The fourth-order valence-electron chi connectivity index (χ4n) is 1.83. The summed E-state index contributed by atoms with van der Waals surface area (Å²) in [6.45, 7) is 0.946. The van der Waals surface area contributed by atoms with Gasteiger partial charge in [0.2, 0.25) is 0 Å². The van der Waals surface area contributed by atoms with Gasteiger partial charge >= 0.3 is 12.0 Å². The Bertz CT molecular complexity index is 611. The molecule has 0 aliphatic heterocycles. The summed E-state index contributed by atoms with van der Waals surface area (Å²) >= 11 is 1.61. The van der Waals surface area contributed by atoms with E-state index in [9.17, 15) is 9.59 Å². The average Bonchev–Trinajstić information content (AvgIpc) is 3.03. The van der Waals surface area contributed by atoms with Crippen molar-refractivity contribution < 1.29 is 14.7 Å². The predicted molar refractivity (Wildman–Crippen MR) is 84.1 cm³/mol. The minimum Gasteiger partial charge on any atom is -0.478 e. The van der Waals surface area contributed by atoms with Crippen LogP contribution in [0.2, 0.25) is 0 Å². The summed E-state index contributed by atoms with van der Waals surface area (Å²) in [5.41, 5.74) is 1.08. The minimum absolute atomic E-state index is 0.232. The number of benzene rings is 1. The summed E-state index contributed by atoms with van der Waals surface area (Å²) in [5, 5.41) is 17.3. The van der Waals surface area contributed by atoms with E-state index in [1.165, 1.54) is 12.1 Å². The number of aryl methyl sites for hydroxylation is 1. The first kappa shape index (κ1) is 16.0. The number of urea groups is 1. The van der Waals surface area contributed by atoms with Crippen LogP contribution in [0.3, 0.4) is 0 Å². The number of nitrogens with zero attached hydrogens (tertiary/aromatic N) is 1. The molecule has 3 N–H and O–H groups in total. The summed E-state index contributed by atoms with van der Waals surface area (Å²) in [4.78, 5) is 26.5. The monoisotopic (exact) mass is 319 g/mol. The van der Waals surface area contributed by atoms with Crippen molar-refractivity contribution in [3.8, 4) is 0 Å². The van der Waals surface area contributed by atoms with Crippen molar-refractivity contribution in [3.05, 3.63) is 52.0 Å². The van der Waals surface area contributed by atoms with Gasteiger partial charge in [-0.2, -0.15) is 0 Å². The van der Waals surface area contributed by atoms with Gasteiger partial charge in [-0.1, -0.05) is 12.1 Å². The van der Waals surface area contributed by atoms with Crippen molar-refractivity contribution in [2.75, 3.05) is 6.54 Å². The number of carboxylic acids is 1. The van der Waals surface area contributed by atoms with Crippen LogP contribution in [-0.4, -0.2) is 28.6 Å². The number of hydrogen-bond acceptors (Lipinski definition) is 4. The topological polar surface area (TPSA) is 91.3 Å². The molecular weight excluding hydrogens is 302 g/mol. The summed E-state index contributed by atoms with van der Waals surface area (Å²) in [5.74, 6) is -0.961. The second-order valence-corrected chi connectivity index (χ2v) is 5.62. The maximum absolute atomic E-state index is 11.6. The third kappa shape index (κ3) is 5.17. The van der Waals surface area contributed by atoms with Gasteiger partial charge in [-0.15, -0.1) is 11.3 Å². The molecule has 6 nitrogen and oxygen atoms in total. The number of carbonyl (C=O) groups is 2. The number of thiazole rings is 1. The Labute approximate surface area is 132 Å². The van der Waals surface area contributed by atoms with E-state index < -0.39 is 5.97 Å². The number of amides is 2. The molecule has 7 heteroatoms. The molecule has 2 amide bonds. The molecule has 2 rings (SSSR count). The highest BCUT2D eigenvalue weighted by Crippen LogP contribution is 2.06. The molecule has 0 saturated carbocycles. The number of aromatic nitrogens is 1. The molecule has 2 aromatic rings. The third-order valence-electron chi connectivity index (χ3n) is 2.99. The van der Waals surface area contributed by atoms with Gasteiger partial charge in [0.25, 0.3) is 0 Å². The van der Waals surface area contributed by atoms with Crippen molar-refractivity contribution in [3.63, 3.8) is 0 Å². The highest BCUT2D eigenvalue weighted by Gasteiger charge is 2.03. The Balaban J connectivity index is 1.63. The van der Waals surface area contributed by atoms with Gasteiger partial charge < -0.3 is 15.7 Å². The Morgan fingerprint density at radius 1 is 1.18 bits per heavy atom. The van der Waals surface area contributed by atoms with E-state index in [2.05, 4.69) is 15.6 Å². The van der Waals surface area contributed by atoms with Crippen LogP contribution in [0.1, 0.15) is 27.3 Å². The van der Waals surface area contributed by atoms with Gasteiger partial charge in [0.05, 0.1) is 10.6 Å². The van der Waals surface area contributed by atoms with Crippen LogP contribution in [0.4, 0.5) is 4.79 Å². The van der Waals surface area contributed by atoms with E-state index in [0.717, 1.165) is 23.4 Å². The van der Waals surface area contributed by atoms with Crippen molar-refractivity contribution in [1.29, 1.82) is 0 Å². The SMILES string of the molecule is O=C(NCCCc1nccs1)NCc1ccc(C(=O)O)cc1. The standard InChI is InChI=1S/C15H17N3O3S/c19-14(20)12-5-3-11(4-6-12)10-18-15(21)17-7-1-2-13-16-8-9-22-13/h3-6,8-9H,1-2,7,10H2,(H,19,20)(H2,17,18,21). The fourth-order valence-corrected chi connectivity index (χ4v) is 2.49. The highest BCUT2D eigenvalue weighted by atomic mass is 32.1. The number of nitrogens with one attached hydrogen (secondary N) is 2. The zero-order valence-corrected chi connectivity index (χ0v) is 12.7. The molecule has 0 bridgehead atoms. The first-order valence-corrected chi connectivity index (χ1v) is 7.75. The summed E-state index contributed by atoms with van der Waals surface area (Å²) in [7, 11) is 0. The van der Waals surface area contributed by atoms with Gasteiger partial charge in [-0.05, 0) is 24.1 Å². The van der Waals surface area contributed by atoms with Crippen LogP contribution in [0.5, 0.6) is 0 Å². The zero-order valence-electron chi connectivity index (χ0n) is 11.9. The maximum atomic E-state index is 11.6. The zero-order chi connectivity index (χ0) is 15.8. The summed E-state index contributed by atoms with van der Waals surface area (Å²) in [6, 6.07) is 6.18. The second kappa shape index (κ2) is 8.14. The van der Waals surface area contributed by atoms with Crippen molar-refractivity contribution in [1.82, 2.24) is 15.6 Å². The van der Waals surface area contributed by atoms with Crippen molar-refractivity contribution >= 4 is 23.3 Å². The van der Waals surface area contributed by atoms with Crippen molar-refractivity contribution in [2.24, 2.45) is 0 Å². The molecule has 0 saturated heterocycles. The lowest BCUT2D eigenvalue weighted by atomic mass is 10.1. The minimum atomic E-state index is -0.961. The van der Waals surface area contributed by atoms with Crippen LogP contribution in [0.25, 0.3) is 0 Å². The lowest BCUT2D eigenvalue weighted by Crippen LogP contribution is -2.35. The molecule has 1 heterocycles. The molecule has 0 unspecified atom stereocenters. The van der Waals surface area contributed by atoms with Gasteiger partial charge in [0.1, 0.15) is 0 Å². The molecule has 0 aliphatic carbocycles. The predicted octanol–water partition coefficient (Wildman–Crippen LogP) is 2.27. The van der Waals surface area contributed by atoms with E-state index in [1.54, 1.807) is 29.7 Å². The van der Waals surface area contributed by atoms with Gasteiger partial charge in [-0.25, -0.2) is 14.6 Å². The maximum Gasteiger partial charge on any atom is 0.335 e. The first-order chi connectivity index (χ1) is 10.6. The largest absolute Gasteiger partial charge is 0.478 e. The lowest BCUT2D eigenvalue weighted by Gasteiger charge is -2.07. The lowest BCUT2D eigenvalue weighted by molar-refractivity contribution is 0.0697. The van der Waals surface area contributed by atoms with E-state index in [0.29, 0.717) is 13.1 Å². The first-order valence-electron chi connectivity index (χ1n) is 6.87. The number of carbonyl (C=O) groups excluding carboxylic acids is 1. The van der Waals surface area contributed by atoms with Gasteiger partial charge in [0.15, 0.2) is 0 Å². The molecule has 1 aromatic carbocycles. The van der Waals surface area contributed by atoms with E-state index >= 15 is 0 Å². The number of aromatic carboxylic acids is 1. The quantitative estimate of drug-likeness (QED) is 0.683. The fraction of sp³-hybridized carbons (Fsp3) is 0.267. The van der Waals surface area contributed by atoms with E-state index in [4.69, 9.17) is 5.11 Å². The smallest absolute Gasteiger partial charge is 0.335 e. The Morgan fingerprint density at radius 3 is 2.59 bits per heavy atom. The average molecular weight is 319 g/mol. The Hall–Kier alpha value is -2.41. The van der Waals surface area contributed by atoms with Gasteiger partial charge in [0, 0.05) is 31.1 Å². The highest BCUT2D eigenvalue weighted by molar-refractivity contribution is 7.09. The molecule has 0 fully saturated rings. The Kier molecular flexibility index (Phi) is 5.91. The molecule has 116 valence electrons. The van der Waals surface area contributed by atoms with Crippen LogP contribution in [-0.2, 0) is 13.0 Å². The number of rotatable bonds is 7. The van der Waals surface area contributed by atoms with Crippen LogP contribution in [0, 0.1) is 0 Å². The van der Waals surface area contributed by atoms with E-state index in [-0.39, 0.29) is 11.6 Å². The number of carboxylic acid groups (broad SMARTS) is 1. The molecule has 1 aromatic heterocycles. The Morgan fingerprint density at radius 2 is 1.95 bits per heavy atom. The van der Waals surface area contributed by atoms with Crippen LogP contribution in [0.15, 0.2) is 35.8 Å². The third-order valence-corrected chi connectivity index (χ3v) is 3.83. The normalized spacial score (nSPS) is 10.2. The molecular formula is C15H17N3O3S. The van der Waals surface area contributed by atoms with Gasteiger partial charge in [-0.3, -0.25) is 0 Å². The molecule has 0 radical (unpaired) electrons. The molecule has 0 spiro atoms.